The third kappa shape index (κ3) is 5.85. The second-order valence-electron chi connectivity index (χ2n) is 6.24. The SMILES string of the molecule is COc1cc(NC(=O)CSc2nnc(Nc3ccc(C)c(C)c3)s2)cc(OC)c1. The first-order valence-electron chi connectivity index (χ1n) is 8.80. The van der Waals surface area contributed by atoms with Gasteiger partial charge in [-0.3, -0.25) is 4.79 Å². The van der Waals surface area contributed by atoms with E-state index in [-0.39, 0.29) is 11.7 Å². The van der Waals surface area contributed by atoms with Gasteiger partial charge in [-0.15, -0.1) is 10.2 Å². The minimum Gasteiger partial charge on any atom is -0.497 e. The number of benzene rings is 2. The summed E-state index contributed by atoms with van der Waals surface area (Å²) in [6.07, 6.45) is 0. The van der Waals surface area contributed by atoms with Gasteiger partial charge in [0.15, 0.2) is 4.34 Å². The maximum absolute atomic E-state index is 12.3. The van der Waals surface area contributed by atoms with Crippen molar-refractivity contribution in [2.24, 2.45) is 0 Å². The fourth-order valence-electron chi connectivity index (χ4n) is 2.47. The van der Waals surface area contributed by atoms with Crippen molar-refractivity contribution in [1.29, 1.82) is 0 Å². The van der Waals surface area contributed by atoms with Crippen molar-refractivity contribution in [2.75, 3.05) is 30.6 Å². The lowest BCUT2D eigenvalue weighted by atomic mass is 10.1. The van der Waals surface area contributed by atoms with Gasteiger partial charge in [0.25, 0.3) is 0 Å². The largest absolute Gasteiger partial charge is 0.497 e. The number of carbonyl (C=O) groups is 1. The molecule has 1 amide bonds. The molecule has 0 spiro atoms. The number of hydrogen-bond acceptors (Lipinski definition) is 8. The van der Waals surface area contributed by atoms with Crippen LogP contribution in [-0.2, 0) is 4.79 Å². The van der Waals surface area contributed by atoms with Gasteiger partial charge in [0.2, 0.25) is 11.0 Å². The Morgan fingerprint density at radius 2 is 1.72 bits per heavy atom. The van der Waals surface area contributed by atoms with Crippen molar-refractivity contribution in [1.82, 2.24) is 10.2 Å². The van der Waals surface area contributed by atoms with E-state index < -0.39 is 0 Å². The van der Waals surface area contributed by atoms with Gasteiger partial charge in [-0.1, -0.05) is 29.2 Å². The summed E-state index contributed by atoms with van der Waals surface area (Å²) in [5.41, 5.74) is 4.02. The number of hydrogen-bond donors (Lipinski definition) is 2. The number of aryl methyl sites for hydroxylation is 2. The van der Waals surface area contributed by atoms with Crippen LogP contribution in [0.5, 0.6) is 11.5 Å². The molecule has 0 unspecified atom stereocenters. The Balaban J connectivity index is 1.55. The van der Waals surface area contributed by atoms with Crippen LogP contribution < -0.4 is 20.1 Å². The first-order valence-corrected chi connectivity index (χ1v) is 10.6. The molecule has 2 N–H and O–H groups in total. The van der Waals surface area contributed by atoms with E-state index in [9.17, 15) is 4.79 Å². The zero-order chi connectivity index (χ0) is 20.8. The van der Waals surface area contributed by atoms with Crippen LogP contribution >= 0.6 is 23.1 Å². The van der Waals surface area contributed by atoms with Gasteiger partial charge >= 0.3 is 0 Å². The summed E-state index contributed by atoms with van der Waals surface area (Å²) in [5, 5.41) is 15.1. The number of aromatic nitrogens is 2. The van der Waals surface area contributed by atoms with E-state index >= 15 is 0 Å². The lowest BCUT2D eigenvalue weighted by Crippen LogP contribution is -2.14. The van der Waals surface area contributed by atoms with Gasteiger partial charge in [0.05, 0.1) is 20.0 Å². The molecule has 0 fully saturated rings. The zero-order valence-corrected chi connectivity index (χ0v) is 18.2. The number of amides is 1. The van der Waals surface area contributed by atoms with Crippen LogP contribution in [0.2, 0.25) is 0 Å². The summed E-state index contributed by atoms with van der Waals surface area (Å²) in [7, 11) is 3.13. The van der Waals surface area contributed by atoms with Gasteiger partial charge in [-0.25, -0.2) is 0 Å². The summed E-state index contributed by atoms with van der Waals surface area (Å²) in [6.45, 7) is 4.14. The molecule has 29 heavy (non-hydrogen) atoms. The second-order valence-corrected chi connectivity index (χ2v) is 8.44. The average Bonchev–Trinajstić information content (AvgIpc) is 3.16. The van der Waals surface area contributed by atoms with Crippen molar-refractivity contribution in [2.45, 2.75) is 18.2 Å². The van der Waals surface area contributed by atoms with Crippen LogP contribution in [0.3, 0.4) is 0 Å². The molecule has 3 rings (SSSR count). The van der Waals surface area contributed by atoms with Crippen LogP contribution in [0.25, 0.3) is 0 Å². The normalized spacial score (nSPS) is 10.5. The number of thioether (sulfide) groups is 1. The molecular formula is C20H22N4O3S2. The number of nitrogens with one attached hydrogen (secondary N) is 2. The van der Waals surface area contributed by atoms with Gasteiger partial charge < -0.3 is 20.1 Å². The average molecular weight is 431 g/mol. The van der Waals surface area contributed by atoms with Crippen LogP contribution in [0.15, 0.2) is 40.7 Å². The summed E-state index contributed by atoms with van der Waals surface area (Å²) in [4.78, 5) is 12.3. The Morgan fingerprint density at radius 3 is 2.38 bits per heavy atom. The van der Waals surface area contributed by atoms with Crippen molar-refractivity contribution < 1.29 is 14.3 Å². The van der Waals surface area contributed by atoms with Crippen molar-refractivity contribution in [3.63, 3.8) is 0 Å². The number of ether oxygens (including phenoxy) is 2. The maximum atomic E-state index is 12.3. The Bertz CT molecular complexity index is 985. The zero-order valence-electron chi connectivity index (χ0n) is 16.6. The summed E-state index contributed by atoms with van der Waals surface area (Å²) < 4.78 is 11.1. The molecule has 1 aromatic heterocycles. The van der Waals surface area contributed by atoms with Gasteiger partial charge in [-0.05, 0) is 37.1 Å². The highest BCUT2D eigenvalue weighted by atomic mass is 32.2. The standard InChI is InChI=1S/C20H22N4O3S2/c1-12-5-6-14(7-13(12)2)22-19-23-24-20(29-19)28-11-18(25)21-15-8-16(26-3)10-17(9-15)27-4/h5-10H,11H2,1-4H3,(H,21,25)(H,22,23). The molecule has 152 valence electrons. The smallest absolute Gasteiger partial charge is 0.234 e. The molecule has 2 aromatic carbocycles. The molecule has 0 aliphatic carbocycles. The van der Waals surface area contributed by atoms with Gasteiger partial charge in [0.1, 0.15) is 11.5 Å². The lowest BCUT2D eigenvalue weighted by Gasteiger charge is -2.09. The molecule has 0 saturated carbocycles. The van der Waals surface area contributed by atoms with E-state index in [0.29, 0.717) is 22.3 Å². The second kappa shape index (κ2) is 9.62. The fraction of sp³-hybridized carbons (Fsp3) is 0.250. The first kappa shape index (κ1) is 20.9. The Morgan fingerprint density at radius 1 is 1.00 bits per heavy atom. The van der Waals surface area contributed by atoms with Crippen LogP contribution in [0.1, 0.15) is 11.1 Å². The Hall–Kier alpha value is -2.78. The predicted molar refractivity (Wildman–Crippen MR) is 118 cm³/mol. The summed E-state index contributed by atoms with van der Waals surface area (Å²) in [5.74, 6) is 1.29. The number of carbonyl (C=O) groups excluding carboxylic acids is 1. The highest BCUT2D eigenvalue weighted by molar-refractivity contribution is 8.01. The van der Waals surface area contributed by atoms with Crippen LogP contribution in [-0.4, -0.2) is 36.1 Å². The number of rotatable bonds is 8. The van der Waals surface area contributed by atoms with E-state index in [1.807, 2.05) is 6.07 Å². The highest BCUT2D eigenvalue weighted by Crippen LogP contribution is 2.29. The third-order valence-corrected chi connectivity index (χ3v) is 6.10. The first-order chi connectivity index (χ1) is 14.0. The lowest BCUT2D eigenvalue weighted by molar-refractivity contribution is -0.113. The molecule has 9 heteroatoms. The van der Waals surface area contributed by atoms with Crippen molar-refractivity contribution in [3.05, 3.63) is 47.5 Å². The molecule has 1 heterocycles. The molecular weight excluding hydrogens is 408 g/mol. The predicted octanol–water partition coefficient (Wildman–Crippen LogP) is 4.65. The van der Waals surface area contributed by atoms with Crippen LogP contribution in [0.4, 0.5) is 16.5 Å². The minimum atomic E-state index is -0.149. The van der Waals surface area contributed by atoms with Gasteiger partial charge in [0, 0.05) is 29.6 Å². The number of nitrogens with zero attached hydrogens (tertiary/aromatic N) is 2. The van der Waals surface area contributed by atoms with Crippen molar-refractivity contribution >= 4 is 45.5 Å². The molecule has 0 aliphatic heterocycles. The molecule has 7 nitrogen and oxygen atoms in total. The molecule has 0 radical (unpaired) electrons. The molecule has 0 atom stereocenters. The Kier molecular flexibility index (Phi) is 6.95. The topological polar surface area (TPSA) is 85.4 Å². The third-order valence-electron chi connectivity index (χ3n) is 4.13. The van der Waals surface area contributed by atoms with Crippen LogP contribution in [0, 0.1) is 13.8 Å². The molecule has 0 aliphatic rings. The molecule has 0 saturated heterocycles. The fourth-order valence-corrected chi connectivity index (χ4v) is 4.04. The van der Waals surface area contributed by atoms with E-state index in [4.69, 9.17) is 9.47 Å². The van der Waals surface area contributed by atoms with E-state index in [1.165, 1.54) is 34.2 Å². The quantitative estimate of drug-likeness (QED) is 0.503. The highest BCUT2D eigenvalue weighted by Gasteiger charge is 2.10. The number of anilines is 3. The summed E-state index contributed by atoms with van der Waals surface area (Å²) in [6, 6.07) is 11.4. The summed E-state index contributed by atoms with van der Waals surface area (Å²) >= 11 is 2.74. The Labute approximate surface area is 177 Å². The number of methoxy groups -OCH3 is 2. The van der Waals surface area contributed by atoms with E-state index in [2.05, 4.69) is 46.8 Å². The van der Waals surface area contributed by atoms with E-state index in [1.54, 1.807) is 32.4 Å². The van der Waals surface area contributed by atoms with Gasteiger partial charge in [-0.2, -0.15) is 0 Å². The molecule has 0 bridgehead atoms. The van der Waals surface area contributed by atoms with Crippen molar-refractivity contribution in [3.8, 4) is 11.5 Å². The minimum absolute atomic E-state index is 0.149. The maximum Gasteiger partial charge on any atom is 0.234 e. The molecule has 3 aromatic rings. The monoisotopic (exact) mass is 430 g/mol. The van der Waals surface area contributed by atoms with E-state index in [0.717, 1.165) is 10.0 Å².